The lowest BCUT2D eigenvalue weighted by Gasteiger charge is -2.25. The van der Waals surface area contributed by atoms with Gasteiger partial charge in [-0.3, -0.25) is 4.79 Å². The molecule has 1 aliphatic rings. The molecule has 1 heterocycles. The largest absolute Gasteiger partial charge is 0.396 e. The summed E-state index contributed by atoms with van der Waals surface area (Å²) in [6.07, 6.45) is 4.57. The first kappa shape index (κ1) is 12.3. The number of rotatable bonds is 4. The van der Waals surface area contributed by atoms with Crippen LogP contribution in [0.3, 0.4) is 0 Å². The fourth-order valence-corrected chi connectivity index (χ4v) is 2.52. The van der Waals surface area contributed by atoms with Gasteiger partial charge in [-0.15, -0.1) is 0 Å². The van der Waals surface area contributed by atoms with E-state index in [0.717, 1.165) is 43.4 Å². The van der Waals surface area contributed by atoms with Gasteiger partial charge in [0.15, 0.2) is 0 Å². The molecule has 0 saturated heterocycles. The van der Waals surface area contributed by atoms with Gasteiger partial charge in [-0.05, 0) is 37.7 Å². The van der Waals surface area contributed by atoms with Crippen molar-refractivity contribution >= 4 is 0 Å². The zero-order chi connectivity index (χ0) is 12.3. The molecule has 0 spiro atoms. The van der Waals surface area contributed by atoms with Gasteiger partial charge in [0.05, 0.1) is 0 Å². The molecule has 1 atom stereocenters. The summed E-state index contributed by atoms with van der Waals surface area (Å²) in [5.74, 6) is 0. The van der Waals surface area contributed by atoms with Crippen LogP contribution in [0.1, 0.15) is 43.0 Å². The molecule has 4 heteroatoms. The number of aliphatic hydroxyl groups is 1. The van der Waals surface area contributed by atoms with Crippen LogP contribution in [-0.2, 0) is 13.0 Å². The first-order valence-electron chi connectivity index (χ1n) is 6.33. The van der Waals surface area contributed by atoms with Crippen molar-refractivity contribution in [2.75, 3.05) is 6.61 Å². The molecule has 0 bridgehead atoms. The van der Waals surface area contributed by atoms with Crippen molar-refractivity contribution < 1.29 is 5.11 Å². The molecule has 0 saturated carbocycles. The highest BCUT2D eigenvalue weighted by Crippen LogP contribution is 2.26. The number of fused-ring (bicyclic) bond motifs is 1. The van der Waals surface area contributed by atoms with Crippen LogP contribution in [0.2, 0.25) is 0 Å². The Morgan fingerprint density at radius 2 is 2.24 bits per heavy atom. The Morgan fingerprint density at radius 3 is 3.00 bits per heavy atom. The maximum atomic E-state index is 11.9. The Morgan fingerprint density at radius 1 is 1.41 bits per heavy atom. The maximum Gasteiger partial charge on any atom is 0.250 e. The Labute approximate surface area is 101 Å². The topological polar surface area (TPSA) is 68.2 Å². The van der Waals surface area contributed by atoms with Gasteiger partial charge in [-0.2, -0.15) is 0 Å². The van der Waals surface area contributed by atoms with Crippen LogP contribution in [0.15, 0.2) is 16.9 Å². The highest BCUT2D eigenvalue weighted by molar-refractivity contribution is 5.27. The molecular weight excluding hydrogens is 216 g/mol. The van der Waals surface area contributed by atoms with Crippen molar-refractivity contribution in [3.05, 3.63) is 33.7 Å². The quantitative estimate of drug-likeness (QED) is 0.765. The van der Waals surface area contributed by atoms with E-state index in [0.29, 0.717) is 6.54 Å². The minimum absolute atomic E-state index is 0.0517. The van der Waals surface area contributed by atoms with Crippen molar-refractivity contribution in [2.45, 2.75) is 44.7 Å². The SMILES string of the molecule is NC1CCCc2c1ccc(=O)n2CCCCO. The van der Waals surface area contributed by atoms with E-state index in [1.807, 2.05) is 10.6 Å². The van der Waals surface area contributed by atoms with Crippen molar-refractivity contribution in [1.82, 2.24) is 4.57 Å². The maximum absolute atomic E-state index is 11.9. The normalized spacial score (nSPS) is 19.1. The summed E-state index contributed by atoms with van der Waals surface area (Å²) in [6.45, 7) is 0.874. The first-order chi connectivity index (χ1) is 8.24. The van der Waals surface area contributed by atoms with E-state index in [4.69, 9.17) is 10.8 Å². The van der Waals surface area contributed by atoms with Crippen LogP contribution in [0.5, 0.6) is 0 Å². The number of aliphatic hydroxyl groups excluding tert-OH is 1. The van der Waals surface area contributed by atoms with Gasteiger partial charge in [-0.1, -0.05) is 6.07 Å². The van der Waals surface area contributed by atoms with Crippen LogP contribution in [0, 0.1) is 0 Å². The summed E-state index contributed by atoms with van der Waals surface area (Å²) < 4.78 is 1.84. The average molecular weight is 236 g/mol. The molecule has 1 aliphatic carbocycles. The molecule has 1 aromatic heterocycles. The van der Waals surface area contributed by atoms with Crippen LogP contribution >= 0.6 is 0 Å². The molecule has 94 valence electrons. The van der Waals surface area contributed by atoms with Gasteiger partial charge in [0.2, 0.25) is 0 Å². The van der Waals surface area contributed by atoms with E-state index in [2.05, 4.69) is 0 Å². The van der Waals surface area contributed by atoms with E-state index in [9.17, 15) is 4.79 Å². The molecule has 0 radical (unpaired) electrons. The molecule has 0 aliphatic heterocycles. The van der Waals surface area contributed by atoms with Crippen molar-refractivity contribution in [2.24, 2.45) is 5.73 Å². The number of nitrogens with two attached hydrogens (primary N) is 1. The molecular formula is C13H20N2O2. The summed E-state index contributed by atoms with van der Waals surface area (Å²) in [5, 5.41) is 8.79. The molecule has 0 fully saturated rings. The van der Waals surface area contributed by atoms with Gasteiger partial charge >= 0.3 is 0 Å². The van der Waals surface area contributed by atoms with E-state index in [1.54, 1.807) is 6.07 Å². The van der Waals surface area contributed by atoms with Crippen molar-refractivity contribution in [3.63, 3.8) is 0 Å². The van der Waals surface area contributed by atoms with E-state index >= 15 is 0 Å². The summed E-state index contributed by atoms with van der Waals surface area (Å²) in [6, 6.07) is 3.57. The van der Waals surface area contributed by atoms with Gasteiger partial charge in [0, 0.05) is 31.0 Å². The van der Waals surface area contributed by atoms with Crippen molar-refractivity contribution in [3.8, 4) is 0 Å². The Balaban J connectivity index is 2.29. The van der Waals surface area contributed by atoms with Crippen LogP contribution in [0.4, 0.5) is 0 Å². The smallest absolute Gasteiger partial charge is 0.250 e. The number of unbranched alkanes of at least 4 members (excludes halogenated alkanes) is 1. The van der Waals surface area contributed by atoms with Crippen molar-refractivity contribution in [1.29, 1.82) is 0 Å². The fraction of sp³-hybridized carbons (Fsp3) is 0.615. The summed E-state index contributed by atoms with van der Waals surface area (Å²) in [7, 11) is 0. The number of pyridine rings is 1. The highest BCUT2D eigenvalue weighted by Gasteiger charge is 2.19. The monoisotopic (exact) mass is 236 g/mol. The summed E-state index contributed by atoms with van der Waals surface area (Å²) in [5.41, 5.74) is 8.35. The number of aromatic nitrogens is 1. The van der Waals surface area contributed by atoms with Gasteiger partial charge in [-0.25, -0.2) is 0 Å². The lowest BCUT2D eigenvalue weighted by molar-refractivity contribution is 0.280. The minimum atomic E-state index is 0.0517. The molecule has 4 nitrogen and oxygen atoms in total. The van der Waals surface area contributed by atoms with Gasteiger partial charge in [0.1, 0.15) is 0 Å². The fourth-order valence-electron chi connectivity index (χ4n) is 2.52. The molecule has 1 unspecified atom stereocenters. The van der Waals surface area contributed by atoms with Crippen LogP contribution in [0.25, 0.3) is 0 Å². The molecule has 0 amide bonds. The lowest BCUT2D eigenvalue weighted by atomic mass is 9.91. The number of hydrogen-bond acceptors (Lipinski definition) is 3. The minimum Gasteiger partial charge on any atom is -0.396 e. The number of nitrogens with zero attached hydrogens (tertiary/aromatic N) is 1. The Kier molecular flexibility index (Phi) is 3.97. The van der Waals surface area contributed by atoms with Gasteiger partial charge in [0.25, 0.3) is 5.56 Å². The summed E-state index contributed by atoms with van der Waals surface area (Å²) >= 11 is 0. The third kappa shape index (κ3) is 2.58. The van der Waals surface area contributed by atoms with E-state index in [1.165, 1.54) is 0 Å². The number of hydrogen-bond donors (Lipinski definition) is 2. The molecule has 17 heavy (non-hydrogen) atoms. The predicted octanol–water partition coefficient (Wildman–Crippen LogP) is 0.957. The molecule has 2 rings (SSSR count). The molecule has 0 aromatic carbocycles. The highest BCUT2D eigenvalue weighted by atomic mass is 16.2. The molecule has 1 aromatic rings. The van der Waals surface area contributed by atoms with E-state index in [-0.39, 0.29) is 18.2 Å². The third-order valence-corrected chi connectivity index (χ3v) is 3.45. The Hall–Kier alpha value is -1.13. The first-order valence-corrected chi connectivity index (χ1v) is 6.33. The second kappa shape index (κ2) is 5.47. The standard InChI is InChI=1S/C13H20N2O2/c14-11-4-3-5-12-10(11)6-7-13(17)15(12)8-1-2-9-16/h6-7,11,16H,1-5,8-9,14H2. The zero-order valence-electron chi connectivity index (χ0n) is 10.1. The third-order valence-electron chi connectivity index (χ3n) is 3.45. The second-order valence-corrected chi connectivity index (χ2v) is 4.65. The van der Waals surface area contributed by atoms with Crippen LogP contribution in [-0.4, -0.2) is 16.3 Å². The Bertz CT molecular complexity index is 440. The predicted molar refractivity (Wildman–Crippen MR) is 66.9 cm³/mol. The average Bonchev–Trinajstić information content (AvgIpc) is 2.32. The molecule has 3 N–H and O–H groups in total. The summed E-state index contributed by atoms with van der Waals surface area (Å²) in [4.78, 5) is 11.9. The zero-order valence-corrected chi connectivity index (χ0v) is 10.1. The van der Waals surface area contributed by atoms with Gasteiger partial charge < -0.3 is 15.4 Å². The van der Waals surface area contributed by atoms with Crippen LogP contribution < -0.4 is 11.3 Å². The van der Waals surface area contributed by atoms with E-state index < -0.39 is 0 Å². The second-order valence-electron chi connectivity index (χ2n) is 4.65. The lowest BCUT2D eigenvalue weighted by Crippen LogP contribution is -2.29.